The normalized spacial score (nSPS) is 16.4. The van der Waals surface area contributed by atoms with Crippen LogP contribution >= 0.6 is 0 Å². The molecule has 208 valence electrons. The van der Waals surface area contributed by atoms with Crippen LogP contribution in [0.25, 0.3) is 11.1 Å². The number of aliphatic hydroxyl groups excluding tert-OH is 1. The van der Waals surface area contributed by atoms with Gasteiger partial charge in [-0.25, -0.2) is 5.01 Å². The zero-order chi connectivity index (χ0) is 27.3. The number of anilines is 1. The van der Waals surface area contributed by atoms with Gasteiger partial charge in [0.15, 0.2) is 0 Å². The SMILES string of the molecule is CCCCCCCCCCCC[C@@H](O)CN[C@@H](C)C(=O)NN1C(=O)[C@@H](C)c2ccccc2-c2ccccc21. The maximum Gasteiger partial charge on any atom is 0.255 e. The van der Waals surface area contributed by atoms with Gasteiger partial charge in [-0.3, -0.25) is 15.0 Å². The summed E-state index contributed by atoms with van der Waals surface area (Å²) in [5.41, 5.74) is 6.36. The molecule has 1 heterocycles. The summed E-state index contributed by atoms with van der Waals surface area (Å²) < 4.78 is 0. The Morgan fingerprint density at radius 1 is 0.895 bits per heavy atom. The van der Waals surface area contributed by atoms with Crippen LogP contribution in [0.4, 0.5) is 5.69 Å². The number of rotatable bonds is 16. The van der Waals surface area contributed by atoms with Crippen molar-refractivity contribution in [3.05, 3.63) is 54.1 Å². The van der Waals surface area contributed by atoms with Crippen LogP contribution < -0.4 is 15.8 Å². The standard InChI is InChI=1S/C32H47N3O3/c1-4-5-6-7-8-9-10-11-12-13-18-26(36)23-33-25(3)31(37)34-35-30-22-17-16-21-29(30)28-20-15-14-19-27(28)24(2)32(35)38/h14-17,19-22,24-26,33,36H,4-13,18,23H2,1-3H3,(H,34,37)/t24-,25-,26+/m0/s1. The number of para-hydroxylation sites is 1. The zero-order valence-corrected chi connectivity index (χ0v) is 23.5. The van der Waals surface area contributed by atoms with Gasteiger partial charge in [0.1, 0.15) is 0 Å². The summed E-state index contributed by atoms with van der Waals surface area (Å²) >= 11 is 0. The summed E-state index contributed by atoms with van der Waals surface area (Å²) in [6, 6.07) is 15.0. The number of unbranched alkanes of at least 4 members (excludes halogenated alkanes) is 9. The highest BCUT2D eigenvalue weighted by molar-refractivity contribution is 6.06. The van der Waals surface area contributed by atoms with Crippen LogP contribution in [-0.2, 0) is 9.59 Å². The first-order valence-electron chi connectivity index (χ1n) is 14.7. The average molecular weight is 522 g/mol. The number of aliphatic hydroxyl groups is 1. The van der Waals surface area contributed by atoms with Crippen molar-refractivity contribution >= 4 is 17.5 Å². The Hall–Kier alpha value is -2.70. The number of carbonyl (C=O) groups is 2. The van der Waals surface area contributed by atoms with E-state index in [1.54, 1.807) is 6.92 Å². The molecule has 0 bridgehead atoms. The summed E-state index contributed by atoms with van der Waals surface area (Å²) in [7, 11) is 0. The van der Waals surface area contributed by atoms with Crippen LogP contribution in [-0.4, -0.2) is 35.6 Å². The number of nitrogens with one attached hydrogen (secondary N) is 2. The molecule has 0 unspecified atom stereocenters. The van der Waals surface area contributed by atoms with Crippen molar-refractivity contribution in [1.29, 1.82) is 0 Å². The number of carbonyl (C=O) groups excluding carboxylic acids is 2. The van der Waals surface area contributed by atoms with Gasteiger partial charge in [-0.15, -0.1) is 0 Å². The van der Waals surface area contributed by atoms with Crippen molar-refractivity contribution in [2.24, 2.45) is 0 Å². The Kier molecular flexibility index (Phi) is 12.3. The molecule has 6 nitrogen and oxygen atoms in total. The van der Waals surface area contributed by atoms with Gasteiger partial charge in [-0.2, -0.15) is 0 Å². The number of nitrogens with zero attached hydrogens (tertiary/aromatic N) is 1. The molecule has 1 aliphatic heterocycles. The number of fused-ring (bicyclic) bond motifs is 3. The molecule has 2 amide bonds. The quantitative estimate of drug-likeness (QED) is 0.221. The van der Waals surface area contributed by atoms with Crippen molar-refractivity contribution in [3.8, 4) is 11.1 Å². The number of hydrogen-bond acceptors (Lipinski definition) is 4. The molecule has 0 saturated carbocycles. The lowest BCUT2D eigenvalue weighted by molar-refractivity contribution is -0.127. The second-order valence-corrected chi connectivity index (χ2v) is 10.7. The van der Waals surface area contributed by atoms with Crippen molar-refractivity contribution in [3.63, 3.8) is 0 Å². The van der Waals surface area contributed by atoms with Gasteiger partial charge in [0.25, 0.3) is 11.8 Å². The molecular formula is C32H47N3O3. The zero-order valence-electron chi connectivity index (χ0n) is 23.5. The minimum absolute atomic E-state index is 0.177. The van der Waals surface area contributed by atoms with E-state index >= 15 is 0 Å². The lowest BCUT2D eigenvalue weighted by Crippen LogP contribution is -2.54. The monoisotopic (exact) mass is 521 g/mol. The molecule has 3 N–H and O–H groups in total. The van der Waals surface area contributed by atoms with Gasteiger partial charge in [0, 0.05) is 12.1 Å². The highest BCUT2D eigenvalue weighted by Crippen LogP contribution is 2.39. The predicted octanol–water partition coefficient (Wildman–Crippen LogP) is 6.48. The van der Waals surface area contributed by atoms with Gasteiger partial charge in [0.05, 0.1) is 23.8 Å². The third-order valence-corrected chi connectivity index (χ3v) is 7.62. The fourth-order valence-corrected chi connectivity index (χ4v) is 5.16. The first-order valence-corrected chi connectivity index (χ1v) is 14.7. The predicted molar refractivity (Wildman–Crippen MR) is 156 cm³/mol. The topological polar surface area (TPSA) is 81.7 Å². The third-order valence-electron chi connectivity index (χ3n) is 7.62. The third kappa shape index (κ3) is 8.40. The molecule has 0 aromatic heterocycles. The molecule has 0 saturated heterocycles. The number of hydrazine groups is 1. The van der Waals surface area contributed by atoms with E-state index in [0.717, 1.165) is 36.0 Å². The van der Waals surface area contributed by atoms with Crippen molar-refractivity contribution in [2.45, 2.75) is 109 Å². The summed E-state index contributed by atoms with van der Waals surface area (Å²) in [5.74, 6) is -0.883. The first kappa shape index (κ1) is 29.9. The van der Waals surface area contributed by atoms with E-state index < -0.39 is 18.1 Å². The highest BCUT2D eigenvalue weighted by Gasteiger charge is 2.33. The van der Waals surface area contributed by atoms with E-state index in [1.165, 1.54) is 56.4 Å². The number of hydrogen-bond donors (Lipinski definition) is 3. The minimum Gasteiger partial charge on any atom is -0.392 e. The molecule has 2 aromatic carbocycles. The van der Waals surface area contributed by atoms with E-state index in [-0.39, 0.29) is 11.8 Å². The first-order chi connectivity index (χ1) is 18.4. The molecule has 0 aliphatic carbocycles. The van der Waals surface area contributed by atoms with Crippen molar-refractivity contribution < 1.29 is 14.7 Å². The molecule has 1 aliphatic rings. The van der Waals surface area contributed by atoms with Crippen molar-refractivity contribution in [1.82, 2.24) is 10.7 Å². The molecule has 0 fully saturated rings. The van der Waals surface area contributed by atoms with E-state index in [4.69, 9.17) is 0 Å². The highest BCUT2D eigenvalue weighted by atomic mass is 16.3. The van der Waals surface area contributed by atoms with E-state index in [0.29, 0.717) is 12.2 Å². The smallest absolute Gasteiger partial charge is 0.255 e. The van der Waals surface area contributed by atoms with Crippen LogP contribution in [0.3, 0.4) is 0 Å². The Labute approximate surface area is 229 Å². The molecule has 0 spiro atoms. The molecule has 3 rings (SSSR count). The van der Waals surface area contributed by atoms with Crippen LogP contribution in [0.1, 0.15) is 103 Å². The molecule has 2 aromatic rings. The van der Waals surface area contributed by atoms with Gasteiger partial charge in [-0.05, 0) is 37.5 Å². The Morgan fingerprint density at radius 2 is 1.47 bits per heavy atom. The number of benzene rings is 2. The van der Waals surface area contributed by atoms with Crippen LogP contribution in [0.15, 0.2) is 48.5 Å². The molecule has 0 radical (unpaired) electrons. The molecule has 6 heteroatoms. The van der Waals surface area contributed by atoms with E-state index in [1.807, 2.05) is 55.5 Å². The minimum atomic E-state index is -0.557. The second-order valence-electron chi connectivity index (χ2n) is 10.7. The fraction of sp³-hybridized carbons (Fsp3) is 0.562. The van der Waals surface area contributed by atoms with Crippen LogP contribution in [0.2, 0.25) is 0 Å². The second kappa shape index (κ2) is 15.6. The number of amides is 2. The Morgan fingerprint density at radius 3 is 2.16 bits per heavy atom. The van der Waals surface area contributed by atoms with Crippen LogP contribution in [0, 0.1) is 0 Å². The van der Waals surface area contributed by atoms with Gasteiger partial charge < -0.3 is 10.4 Å². The van der Waals surface area contributed by atoms with Gasteiger partial charge in [-0.1, -0.05) is 114 Å². The maximum atomic E-state index is 13.4. The van der Waals surface area contributed by atoms with Crippen molar-refractivity contribution in [2.75, 3.05) is 11.6 Å². The Balaban J connectivity index is 1.43. The summed E-state index contributed by atoms with van der Waals surface area (Å²) in [5, 5.41) is 14.9. The Bertz CT molecular complexity index is 1020. The van der Waals surface area contributed by atoms with E-state index in [2.05, 4.69) is 17.7 Å². The molecule has 3 atom stereocenters. The summed E-state index contributed by atoms with van der Waals surface area (Å²) in [6.45, 7) is 6.22. The molecule has 38 heavy (non-hydrogen) atoms. The average Bonchev–Trinajstić information content (AvgIpc) is 3.02. The summed E-state index contributed by atoms with van der Waals surface area (Å²) in [4.78, 5) is 26.5. The van der Waals surface area contributed by atoms with Gasteiger partial charge >= 0.3 is 0 Å². The van der Waals surface area contributed by atoms with Crippen LogP contribution in [0.5, 0.6) is 0 Å². The van der Waals surface area contributed by atoms with Gasteiger partial charge in [0.2, 0.25) is 0 Å². The molecular weight excluding hydrogens is 474 g/mol. The lowest BCUT2D eigenvalue weighted by atomic mass is 9.92. The largest absolute Gasteiger partial charge is 0.392 e. The van der Waals surface area contributed by atoms with E-state index in [9.17, 15) is 14.7 Å². The lowest BCUT2D eigenvalue weighted by Gasteiger charge is -2.27. The maximum absolute atomic E-state index is 13.4. The fourth-order valence-electron chi connectivity index (χ4n) is 5.16. The summed E-state index contributed by atoms with van der Waals surface area (Å²) in [6.07, 6.45) is 12.9.